The number of rotatable bonds is 5. The molecule has 1 amide bonds. The smallest absolute Gasteiger partial charge is 0.248 e. The Morgan fingerprint density at radius 2 is 2.16 bits per heavy atom. The molecule has 1 fully saturated rings. The molecular formula is C13H20N8O4. The Kier molecular flexibility index (Phi) is 4.78. The van der Waals surface area contributed by atoms with Gasteiger partial charge in [0.2, 0.25) is 5.91 Å². The van der Waals surface area contributed by atoms with Crippen molar-refractivity contribution in [3.8, 4) is 0 Å². The number of imidazole rings is 1. The Morgan fingerprint density at radius 3 is 2.88 bits per heavy atom. The van der Waals surface area contributed by atoms with Crippen molar-refractivity contribution in [2.75, 3.05) is 25.9 Å². The summed E-state index contributed by atoms with van der Waals surface area (Å²) in [4.78, 5) is 25.0. The molecule has 0 spiro atoms. The van der Waals surface area contributed by atoms with E-state index in [9.17, 15) is 15.0 Å². The van der Waals surface area contributed by atoms with E-state index in [-0.39, 0.29) is 24.8 Å². The standard InChI is InChI=1S/C13H20N8O4/c1-20(3-7(22)19-15)2-6-9(23)10(24)13(25-6)21-5-18-8-11(14)16-4-17-12(8)21/h4-6,9-10,13,23-24H,2-3,15H2,1H3,(H,19,22)(H2,14,16,17)/t6-,9-,10-,13-/m1/s1. The SMILES string of the molecule is CN(CC(=O)NN)C[C@H]1O[C@@H](n2cnc3c(N)ncnc32)[C@H](O)[C@@H]1O. The average Bonchev–Trinajstić information content (AvgIpc) is 3.12. The number of nitrogens with one attached hydrogen (secondary N) is 1. The summed E-state index contributed by atoms with van der Waals surface area (Å²) in [5, 5.41) is 20.6. The van der Waals surface area contributed by atoms with Crippen molar-refractivity contribution >= 4 is 22.9 Å². The fourth-order valence-corrected chi connectivity index (χ4v) is 2.83. The number of carbonyl (C=O) groups is 1. The molecule has 12 heteroatoms. The van der Waals surface area contributed by atoms with Gasteiger partial charge < -0.3 is 20.7 Å². The number of likely N-dealkylation sites (N-methyl/N-ethyl adjacent to an activating group) is 1. The summed E-state index contributed by atoms with van der Waals surface area (Å²) in [6, 6.07) is 0. The summed E-state index contributed by atoms with van der Waals surface area (Å²) in [5.74, 6) is 4.88. The quantitative estimate of drug-likeness (QED) is 0.211. The van der Waals surface area contributed by atoms with Crippen molar-refractivity contribution in [1.29, 1.82) is 0 Å². The summed E-state index contributed by atoms with van der Waals surface area (Å²) in [5.41, 5.74) is 8.55. The molecule has 3 heterocycles. The van der Waals surface area contributed by atoms with Crippen molar-refractivity contribution < 1.29 is 19.7 Å². The van der Waals surface area contributed by atoms with Gasteiger partial charge in [-0.15, -0.1) is 0 Å². The molecular weight excluding hydrogens is 332 g/mol. The highest BCUT2D eigenvalue weighted by Gasteiger charge is 2.44. The Balaban J connectivity index is 1.77. The van der Waals surface area contributed by atoms with E-state index in [1.165, 1.54) is 17.2 Å². The molecule has 0 radical (unpaired) electrons. The van der Waals surface area contributed by atoms with Crippen LogP contribution in [-0.4, -0.2) is 79.0 Å². The van der Waals surface area contributed by atoms with Crippen LogP contribution in [0.25, 0.3) is 11.2 Å². The van der Waals surface area contributed by atoms with E-state index in [1.54, 1.807) is 11.9 Å². The van der Waals surface area contributed by atoms with E-state index in [1.807, 2.05) is 5.43 Å². The molecule has 1 aliphatic rings. The van der Waals surface area contributed by atoms with Crippen LogP contribution in [-0.2, 0) is 9.53 Å². The van der Waals surface area contributed by atoms with Gasteiger partial charge in [-0.1, -0.05) is 0 Å². The first-order valence-electron chi connectivity index (χ1n) is 7.55. The largest absolute Gasteiger partial charge is 0.387 e. The van der Waals surface area contributed by atoms with Gasteiger partial charge in [0.1, 0.15) is 30.2 Å². The number of hydrogen-bond donors (Lipinski definition) is 5. The number of hydrazine groups is 1. The maximum Gasteiger partial charge on any atom is 0.248 e. The van der Waals surface area contributed by atoms with Crippen LogP contribution in [0, 0.1) is 0 Å². The normalized spacial score (nSPS) is 26.4. The van der Waals surface area contributed by atoms with E-state index < -0.39 is 24.5 Å². The van der Waals surface area contributed by atoms with Crippen molar-refractivity contribution in [2.24, 2.45) is 5.84 Å². The molecule has 0 aromatic carbocycles. The van der Waals surface area contributed by atoms with Crippen molar-refractivity contribution in [1.82, 2.24) is 29.8 Å². The third kappa shape index (κ3) is 3.25. The summed E-state index contributed by atoms with van der Waals surface area (Å²) in [6.07, 6.45) is -1.25. The highest BCUT2D eigenvalue weighted by atomic mass is 16.6. The van der Waals surface area contributed by atoms with Crippen molar-refractivity contribution in [3.05, 3.63) is 12.7 Å². The molecule has 136 valence electrons. The molecule has 2 aromatic heterocycles. The molecule has 0 bridgehead atoms. The van der Waals surface area contributed by atoms with Crippen molar-refractivity contribution in [2.45, 2.75) is 24.5 Å². The van der Waals surface area contributed by atoms with E-state index in [0.717, 1.165) is 0 Å². The van der Waals surface area contributed by atoms with Gasteiger partial charge in [0.25, 0.3) is 0 Å². The number of fused-ring (bicyclic) bond motifs is 1. The summed E-state index contributed by atoms with van der Waals surface area (Å²) in [7, 11) is 1.67. The lowest BCUT2D eigenvalue weighted by Gasteiger charge is -2.21. The zero-order valence-corrected chi connectivity index (χ0v) is 13.5. The Hall–Kier alpha value is -2.38. The maximum absolute atomic E-state index is 11.3. The molecule has 4 atom stereocenters. The number of aromatic nitrogens is 4. The number of nitrogens with zero attached hydrogens (tertiary/aromatic N) is 5. The molecule has 12 nitrogen and oxygen atoms in total. The highest BCUT2D eigenvalue weighted by Crippen LogP contribution is 2.32. The van der Waals surface area contributed by atoms with Crippen LogP contribution in [0.15, 0.2) is 12.7 Å². The number of ether oxygens (including phenoxy) is 1. The molecule has 7 N–H and O–H groups in total. The van der Waals surface area contributed by atoms with Gasteiger partial charge in [0.15, 0.2) is 17.7 Å². The number of anilines is 1. The fraction of sp³-hybridized carbons (Fsp3) is 0.538. The number of carbonyl (C=O) groups excluding carboxylic acids is 1. The van der Waals surface area contributed by atoms with Gasteiger partial charge in [-0.3, -0.25) is 19.7 Å². The fourth-order valence-electron chi connectivity index (χ4n) is 2.83. The summed E-state index contributed by atoms with van der Waals surface area (Å²) in [6.45, 7) is 0.244. The first-order valence-corrected chi connectivity index (χ1v) is 7.55. The lowest BCUT2D eigenvalue weighted by atomic mass is 10.1. The molecule has 25 heavy (non-hydrogen) atoms. The van der Waals surface area contributed by atoms with Crippen LogP contribution in [0.5, 0.6) is 0 Å². The number of nitrogen functional groups attached to an aromatic ring is 1. The molecule has 0 saturated carbocycles. The lowest BCUT2D eigenvalue weighted by molar-refractivity contribution is -0.122. The second-order valence-electron chi connectivity index (χ2n) is 5.89. The number of amides is 1. The van der Waals surface area contributed by atoms with Crippen LogP contribution < -0.4 is 17.0 Å². The van der Waals surface area contributed by atoms with Crippen LogP contribution in [0.1, 0.15) is 6.23 Å². The van der Waals surface area contributed by atoms with Crippen molar-refractivity contribution in [3.63, 3.8) is 0 Å². The molecule has 3 rings (SSSR count). The van der Waals surface area contributed by atoms with Crippen LogP contribution in [0.2, 0.25) is 0 Å². The van der Waals surface area contributed by atoms with Crippen LogP contribution in [0.3, 0.4) is 0 Å². The third-order valence-electron chi connectivity index (χ3n) is 4.06. The van der Waals surface area contributed by atoms with Crippen LogP contribution >= 0.6 is 0 Å². The minimum atomic E-state index is -1.20. The molecule has 2 aromatic rings. The first-order chi connectivity index (χ1) is 11.9. The Labute approximate surface area is 142 Å². The van der Waals surface area contributed by atoms with Gasteiger partial charge in [-0.05, 0) is 7.05 Å². The maximum atomic E-state index is 11.3. The van der Waals surface area contributed by atoms with Crippen LogP contribution in [0.4, 0.5) is 5.82 Å². The van der Waals surface area contributed by atoms with Gasteiger partial charge in [0, 0.05) is 6.54 Å². The zero-order valence-electron chi connectivity index (χ0n) is 13.5. The van der Waals surface area contributed by atoms with Gasteiger partial charge in [0.05, 0.1) is 12.9 Å². The molecule has 0 aliphatic carbocycles. The minimum absolute atomic E-state index is 0.0294. The first kappa shape index (κ1) is 17.4. The topological polar surface area (TPSA) is 178 Å². The zero-order chi connectivity index (χ0) is 18.1. The monoisotopic (exact) mass is 352 g/mol. The highest BCUT2D eigenvalue weighted by molar-refractivity contribution is 5.81. The molecule has 1 aliphatic heterocycles. The third-order valence-corrected chi connectivity index (χ3v) is 4.06. The van der Waals surface area contributed by atoms with Gasteiger partial charge in [-0.2, -0.15) is 0 Å². The number of nitrogens with two attached hydrogens (primary N) is 2. The van der Waals surface area contributed by atoms with E-state index >= 15 is 0 Å². The second-order valence-corrected chi connectivity index (χ2v) is 5.89. The number of aliphatic hydroxyl groups excluding tert-OH is 2. The average molecular weight is 352 g/mol. The number of aliphatic hydroxyl groups is 2. The summed E-state index contributed by atoms with van der Waals surface area (Å²) >= 11 is 0. The number of hydrogen-bond acceptors (Lipinski definition) is 10. The van der Waals surface area contributed by atoms with E-state index in [0.29, 0.717) is 11.2 Å². The predicted octanol–water partition coefficient (Wildman–Crippen LogP) is -3.05. The van der Waals surface area contributed by atoms with Gasteiger partial charge >= 0.3 is 0 Å². The van der Waals surface area contributed by atoms with E-state index in [4.69, 9.17) is 16.3 Å². The summed E-state index contributed by atoms with van der Waals surface area (Å²) < 4.78 is 7.28. The minimum Gasteiger partial charge on any atom is -0.387 e. The Bertz CT molecular complexity index is 768. The second kappa shape index (κ2) is 6.85. The predicted molar refractivity (Wildman–Crippen MR) is 85.5 cm³/mol. The Morgan fingerprint density at radius 1 is 1.40 bits per heavy atom. The molecule has 0 unspecified atom stereocenters. The van der Waals surface area contributed by atoms with E-state index in [2.05, 4.69) is 15.0 Å². The van der Waals surface area contributed by atoms with Gasteiger partial charge in [-0.25, -0.2) is 20.8 Å². The molecule has 1 saturated heterocycles. The lowest BCUT2D eigenvalue weighted by Crippen LogP contribution is -2.44.